The van der Waals surface area contributed by atoms with E-state index < -0.39 is 0 Å². The van der Waals surface area contributed by atoms with Crippen molar-refractivity contribution in [2.45, 2.75) is 52.5 Å². The third-order valence-electron chi connectivity index (χ3n) is 4.34. The molecular weight excluding hydrogens is 416 g/mol. The quantitative estimate of drug-likeness (QED) is 0.247. The number of unbranched alkanes of at least 4 members (excludes halogenated alkanes) is 1. The number of rotatable bonds is 23. The van der Waals surface area contributed by atoms with Crippen LogP contribution in [0.25, 0.3) is 0 Å². The molecule has 0 radical (unpaired) electrons. The molecule has 1 aromatic rings. The number of ether oxygens (including phenoxy) is 5. The summed E-state index contributed by atoms with van der Waals surface area (Å²) in [5.74, 6) is 0.0873. The summed E-state index contributed by atoms with van der Waals surface area (Å²) < 4.78 is 29.1. The number of nitrogens with zero attached hydrogens (tertiary/aromatic N) is 3. The molecule has 32 heavy (non-hydrogen) atoms. The van der Waals surface area contributed by atoms with Crippen molar-refractivity contribution >= 4 is 5.91 Å². The first kappa shape index (κ1) is 28.4. The minimum Gasteiger partial charge on any atom is -0.380 e. The molecule has 10 nitrogen and oxygen atoms in total. The summed E-state index contributed by atoms with van der Waals surface area (Å²) >= 11 is 0. The lowest BCUT2D eigenvalue weighted by Gasteiger charge is -2.08. The molecule has 0 unspecified atom stereocenters. The van der Waals surface area contributed by atoms with Crippen LogP contribution in [0.5, 0.6) is 0 Å². The summed E-state index contributed by atoms with van der Waals surface area (Å²) in [6.45, 7) is 11.0. The topological polar surface area (TPSA) is 106 Å². The van der Waals surface area contributed by atoms with Crippen LogP contribution in [-0.4, -0.2) is 93.5 Å². The van der Waals surface area contributed by atoms with Gasteiger partial charge in [-0.2, -0.15) is 0 Å². The second kappa shape index (κ2) is 21.3. The van der Waals surface area contributed by atoms with E-state index >= 15 is 0 Å². The number of aromatic nitrogens is 3. The van der Waals surface area contributed by atoms with E-state index in [-0.39, 0.29) is 5.91 Å². The van der Waals surface area contributed by atoms with Crippen molar-refractivity contribution < 1.29 is 28.5 Å². The fourth-order valence-corrected chi connectivity index (χ4v) is 2.59. The van der Waals surface area contributed by atoms with Crippen LogP contribution >= 0.6 is 0 Å². The van der Waals surface area contributed by atoms with Gasteiger partial charge in [0, 0.05) is 32.2 Å². The van der Waals surface area contributed by atoms with Crippen molar-refractivity contribution in [3.05, 3.63) is 11.9 Å². The van der Waals surface area contributed by atoms with E-state index in [1.165, 1.54) is 0 Å². The molecule has 0 bridgehead atoms. The van der Waals surface area contributed by atoms with Crippen LogP contribution in [-0.2, 0) is 41.4 Å². The molecule has 0 aliphatic carbocycles. The van der Waals surface area contributed by atoms with E-state index in [4.69, 9.17) is 23.7 Å². The number of hydrogen-bond acceptors (Lipinski definition) is 8. The molecule has 0 saturated heterocycles. The Hall–Kier alpha value is -1.59. The van der Waals surface area contributed by atoms with Crippen molar-refractivity contribution in [1.82, 2.24) is 20.3 Å². The molecule has 0 fully saturated rings. The Morgan fingerprint density at radius 3 is 2.12 bits per heavy atom. The molecule has 0 saturated carbocycles. The molecule has 0 aliphatic rings. The molecule has 1 rings (SSSR count). The molecule has 186 valence electrons. The lowest BCUT2D eigenvalue weighted by Crippen LogP contribution is -2.27. The number of carbonyl (C=O) groups is 1. The van der Waals surface area contributed by atoms with E-state index in [2.05, 4.69) is 29.5 Å². The minimum absolute atomic E-state index is 0.0873. The molecular formula is C22H42N4O6. The summed E-state index contributed by atoms with van der Waals surface area (Å²) in [6, 6.07) is 0. The first-order valence-corrected chi connectivity index (χ1v) is 11.8. The standard InChI is InChI=1S/C22H42N4O6/c1-3-5-6-22(27)23-8-12-30-15-17-32-19-18-31-16-14-29-11-7-21-20-26(25-24-21)9-13-28-10-4-2/h20H,3-19H2,1-2H3,(H,23,27). The Labute approximate surface area is 192 Å². The third kappa shape index (κ3) is 17.0. The number of amides is 1. The zero-order valence-corrected chi connectivity index (χ0v) is 19.9. The normalized spacial score (nSPS) is 11.2. The van der Waals surface area contributed by atoms with Crippen molar-refractivity contribution in [3.8, 4) is 0 Å². The Morgan fingerprint density at radius 1 is 0.844 bits per heavy atom. The highest BCUT2D eigenvalue weighted by Crippen LogP contribution is 1.96. The van der Waals surface area contributed by atoms with Crippen molar-refractivity contribution in [1.29, 1.82) is 0 Å². The lowest BCUT2D eigenvalue weighted by molar-refractivity contribution is -0.121. The summed E-state index contributed by atoms with van der Waals surface area (Å²) in [5, 5.41) is 11.0. The Kier molecular flexibility index (Phi) is 18.9. The Balaban J connectivity index is 1.79. The summed E-state index contributed by atoms with van der Waals surface area (Å²) in [4.78, 5) is 11.4. The van der Waals surface area contributed by atoms with E-state index in [0.29, 0.717) is 79.0 Å². The maximum Gasteiger partial charge on any atom is 0.220 e. The van der Waals surface area contributed by atoms with E-state index in [1.807, 2.05) is 6.20 Å². The second-order valence-electron chi connectivity index (χ2n) is 7.24. The van der Waals surface area contributed by atoms with Crippen LogP contribution in [0.3, 0.4) is 0 Å². The molecule has 10 heteroatoms. The van der Waals surface area contributed by atoms with Gasteiger partial charge in [-0.05, 0) is 12.8 Å². The highest BCUT2D eigenvalue weighted by atomic mass is 16.6. The SMILES string of the molecule is CCCCC(=O)NCCOCCOCCOCCOCCc1cn(CCOCCC)nn1. The van der Waals surface area contributed by atoms with E-state index in [1.54, 1.807) is 4.68 Å². The van der Waals surface area contributed by atoms with Crippen LogP contribution in [0.1, 0.15) is 45.2 Å². The number of nitrogens with one attached hydrogen (secondary N) is 1. The molecule has 0 aromatic carbocycles. The average molecular weight is 459 g/mol. The van der Waals surface area contributed by atoms with Crippen molar-refractivity contribution in [2.75, 3.05) is 72.6 Å². The van der Waals surface area contributed by atoms with Crippen LogP contribution in [0.15, 0.2) is 6.20 Å². The summed E-state index contributed by atoms with van der Waals surface area (Å²) in [6.07, 6.45) is 6.21. The van der Waals surface area contributed by atoms with E-state index in [0.717, 1.165) is 38.0 Å². The van der Waals surface area contributed by atoms with Gasteiger partial charge in [0.25, 0.3) is 0 Å². The fraction of sp³-hybridized carbons (Fsp3) is 0.864. The van der Waals surface area contributed by atoms with Gasteiger partial charge in [-0.3, -0.25) is 4.79 Å². The molecule has 1 amide bonds. The maximum absolute atomic E-state index is 11.4. The van der Waals surface area contributed by atoms with Gasteiger partial charge >= 0.3 is 0 Å². The number of carbonyl (C=O) groups excluding carboxylic acids is 1. The zero-order valence-electron chi connectivity index (χ0n) is 19.9. The highest BCUT2D eigenvalue weighted by molar-refractivity contribution is 5.75. The lowest BCUT2D eigenvalue weighted by atomic mass is 10.2. The van der Waals surface area contributed by atoms with Crippen LogP contribution in [0.2, 0.25) is 0 Å². The molecule has 0 aliphatic heterocycles. The van der Waals surface area contributed by atoms with Gasteiger partial charge in [0.05, 0.1) is 71.7 Å². The summed E-state index contributed by atoms with van der Waals surface area (Å²) in [5.41, 5.74) is 0.913. The fourth-order valence-electron chi connectivity index (χ4n) is 2.59. The molecule has 0 atom stereocenters. The van der Waals surface area contributed by atoms with Crippen LogP contribution in [0.4, 0.5) is 0 Å². The smallest absolute Gasteiger partial charge is 0.220 e. The number of hydrogen-bond donors (Lipinski definition) is 1. The zero-order chi connectivity index (χ0) is 23.1. The Morgan fingerprint density at radius 2 is 1.47 bits per heavy atom. The van der Waals surface area contributed by atoms with Crippen molar-refractivity contribution in [3.63, 3.8) is 0 Å². The van der Waals surface area contributed by atoms with Gasteiger partial charge in [0.15, 0.2) is 0 Å². The van der Waals surface area contributed by atoms with E-state index in [9.17, 15) is 4.79 Å². The predicted molar refractivity (Wildman–Crippen MR) is 121 cm³/mol. The highest BCUT2D eigenvalue weighted by Gasteiger charge is 2.01. The van der Waals surface area contributed by atoms with Crippen LogP contribution < -0.4 is 5.32 Å². The predicted octanol–water partition coefficient (Wildman–Crippen LogP) is 1.62. The van der Waals surface area contributed by atoms with Crippen LogP contribution in [0, 0.1) is 0 Å². The monoisotopic (exact) mass is 458 g/mol. The Bertz CT molecular complexity index is 558. The van der Waals surface area contributed by atoms with Gasteiger partial charge in [0.2, 0.25) is 5.91 Å². The third-order valence-corrected chi connectivity index (χ3v) is 4.34. The van der Waals surface area contributed by atoms with Gasteiger partial charge in [0.1, 0.15) is 0 Å². The minimum atomic E-state index is 0.0873. The van der Waals surface area contributed by atoms with Gasteiger partial charge in [-0.15, -0.1) is 5.10 Å². The molecule has 0 spiro atoms. The van der Waals surface area contributed by atoms with Gasteiger partial charge in [-0.1, -0.05) is 25.5 Å². The first-order valence-electron chi connectivity index (χ1n) is 11.8. The van der Waals surface area contributed by atoms with Gasteiger partial charge < -0.3 is 29.0 Å². The maximum atomic E-state index is 11.4. The average Bonchev–Trinajstić information content (AvgIpc) is 3.25. The first-order chi connectivity index (χ1) is 15.8. The van der Waals surface area contributed by atoms with Crippen molar-refractivity contribution in [2.24, 2.45) is 0 Å². The molecule has 1 heterocycles. The summed E-state index contributed by atoms with van der Waals surface area (Å²) in [7, 11) is 0. The largest absolute Gasteiger partial charge is 0.380 e. The van der Waals surface area contributed by atoms with Gasteiger partial charge in [-0.25, -0.2) is 4.68 Å². The second-order valence-corrected chi connectivity index (χ2v) is 7.24. The molecule has 1 aromatic heterocycles. The molecule has 1 N–H and O–H groups in total.